The first kappa shape index (κ1) is 14.7. The van der Waals surface area contributed by atoms with Gasteiger partial charge in [-0.1, -0.05) is 0 Å². The molecule has 8 heteroatoms. The highest BCUT2D eigenvalue weighted by molar-refractivity contribution is 7.15. The molecule has 1 fully saturated rings. The van der Waals surface area contributed by atoms with E-state index in [-0.39, 0.29) is 11.6 Å². The molecule has 1 aliphatic carbocycles. The molecule has 1 N–H and O–H groups in total. The molecule has 1 amide bonds. The second kappa shape index (κ2) is 5.20. The van der Waals surface area contributed by atoms with Crippen molar-refractivity contribution in [3.05, 3.63) is 33.2 Å². The van der Waals surface area contributed by atoms with E-state index in [0.717, 1.165) is 12.8 Å². The molecule has 2 aromatic heterocycles. The Labute approximate surface area is 129 Å². The Kier molecular flexibility index (Phi) is 3.48. The maximum atomic E-state index is 12.7. The van der Waals surface area contributed by atoms with Crippen LogP contribution in [0, 0.1) is 6.92 Å². The summed E-state index contributed by atoms with van der Waals surface area (Å²) in [4.78, 5) is 42.4. The molecule has 2 aromatic rings. The number of aromatic nitrogens is 2. The van der Waals surface area contributed by atoms with Crippen LogP contribution in [0.3, 0.4) is 0 Å². The van der Waals surface area contributed by atoms with E-state index < -0.39 is 23.5 Å². The number of hydrogen-bond donors (Lipinski definition) is 1. The highest BCUT2D eigenvalue weighted by atomic mass is 32.1. The average Bonchev–Trinajstić information content (AvgIpc) is 3.22. The van der Waals surface area contributed by atoms with Gasteiger partial charge < -0.3 is 10.0 Å². The van der Waals surface area contributed by atoms with E-state index in [1.165, 1.54) is 33.8 Å². The van der Waals surface area contributed by atoms with Crippen LogP contribution in [0.4, 0.5) is 0 Å². The van der Waals surface area contributed by atoms with Crippen LogP contribution in [-0.2, 0) is 4.79 Å². The van der Waals surface area contributed by atoms with Crippen molar-refractivity contribution >= 4 is 28.2 Å². The summed E-state index contributed by atoms with van der Waals surface area (Å²) in [5.41, 5.74) is 0.174. The molecule has 0 radical (unpaired) electrons. The van der Waals surface area contributed by atoms with Crippen molar-refractivity contribution in [1.29, 1.82) is 0 Å². The molecule has 1 saturated carbocycles. The standard InChI is InChI=1S/C14H15N3O4S/c1-7-6-22-14-15-5-10(11(18)16(7)14)12(19)17(9-3-4-9)8(2)13(20)21/h5-6,8-9H,3-4H2,1-2H3,(H,20,21). The zero-order valence-corrected chi connectivity index (χ0v) is 13.0. The van der Waals surface area contributed by atoms with E-state index in [4.69, 9.17) is 0 Å². The summed E-state index contributed by atoms with van der Waals surface area (Å²) in [5.74, 6) is -1.64. The van der Waals surface area contributed by atoms with Gasteiger partial charge in [0.1, 0.15) is 11.6 Å². The molecule has 3 rings (SSSR count). The fraction of sp³-hybridized carbons (Fsp3) is 0.429. The lowest BCUT2D eigenvalue weighted by Gasteiger charge is -2.26. The maximum absolute atomic E-state index is 12.7. The van der Waals surface area contributed by atoms with Gasteiger partial charge in [0.2, 0.25) is 0 Å². The lowest BCUT2D eigenvalue weighted by Crippen LogP contribution is -2.46. The van der Waals surface area contributed by atoms with Gasteiger partial charge in [-0.2, -0.15) is 0 Å². The summed E-state index contributed by atoms with van der Waals surface area (Å²) >= 11 is 1.32. The first-order chi connectivity index (χ1) is 10.4. The van der Waals surface area contributed by atoms with E-state index >= 15 is 0 Å². The van der Waals surface area contributed by atoms with E-state index in [0.29, 0.717) is 10.7 Å². The predicted molar refractivity (Wildman–Crippen MR) is 80.4 cm³/mol. The first-order valence-corrected chi connectivity index (χ1v) is 7.81. The second-order valence-corrected chi connectivity index (χ2v) is 6.27. The molecule has 22 heavy (non-hydrogen) atoms. The summed E-state index contributed by atoms with van der Waals surface area (Å²) in [5, 5.41) is 11.0. The molecule has 0 aromatic carbocycles. The zero-order chi connectivity index (χ0) is 16.0. The number of carboxylic acids is 1. The van der Waals surface area contributed by atoms with E-state index in [1.807, 2.05) is 0 Å². The van der Waals surface area contributed by atoms with Crippen molar-refractivity contribution in [2.45, 2.75) is 38.8 Å². The monoisotopic (exact) mass is 321 g/mol. The van der Waals surface area contributed by atoms with Gasteiger partial charge in [-0.3, -0.25) is 14.0 Å². The van der Waals surface area contributed by atoms with Crippen molar-refractivity contribution in [2.24, 2.45) is 0 Å². The Balaban J connectivity index is 2.07. The SMILES string of the molecule is Cc1csc2ncc(C(=O)N(C3CC3)C(C)C(=O)O)c(=O)n12. The van der Waals surface area contributed by atoms with Crippen LogP contribution < -0.4 is 5.56 Å². The highest BCUT2D eigenvalue weighted by Crippen LogP contribution is 2.30. The minimum atomic E-state index is -1.08. The molecule has 1 unspecified atom stereocenters. The molecular weight excluding hydrogens is 306 g/mol. The molecule has 0 spiro atoms. The van der Waals surface area contributed by atoms with Gasteiger partial charge in [-0.15, -0.1) is 11.3 Å². The molecular formula is C14H15N3O4S. The predicted octanol–water partition coefficient (Wildman–Crippen LogP) is 1.14. The third-order valence-corrected chi connectivity index (χ3v) is 4.75. The number of carboxylic acid groups (broad SMARTS) is 1. The van der Waals surface area contributed by atoms with Gasteiger partial charge in [0, 0.05) is 23.3 Å². The minimum absolute atomic E-state index is 0.0843. The molecule has 0 bridgehead atoms. The van der Waals surface area contributed by atoms with Crippen molar-refractivity contribution < 1.29 is 14.7 Å². The summed E-state index contributed by atoms with van der Waals surface area (Å²) in [6.07, 6.45) is 2.77. The number of nitrogens with zero attached hydrogens (tertiary/aromatic N) is 3. The Morgan fingerprint density at radius 3 is 2.77 bits per heavy atom. The minimum Gasteiger partial charge on any atom is -0.480 e. The molecule has 0 aliphatic heterocycles. The van der Waals surface area contributed by atoms with Crippen LogP contribution in [0.15, 0.2) is 16.4 Å². The Morgan fingerprint density at radius 2 is 2.18 bits per heavy atom. The van der Waals surface area contributed by atoms with Gasteiger partial charge >= 0.3 is 5.97 Å². The number of amides is 1. The highest BCUT2D eigenvalue weighted by Gasteiger charge is 2.39. The van der Waals surface area contributed by atoms with Crippen molar-refractivity contribution in [2.75, 3.05) is 0 Å². The number of aliphatic carboxylic acids is 1. The zero-order valence-electron chi connectivity index (χ0n) is 12.1. The normalized spacial score (nSPS) is 15.7. The first-order valence-electron chi connectivity index (χ1n) is 6.93. The fourth-order valence-electron chi connectivity index (χ4n) is 2.44. The van der Waals surface area contributed by atoms with Crippen LogP contribution in [0.5, 0.6) is 0 Å². The fourth-order valence-corrected chi connectivity index (χ4v) is 3.27. The van der Waals surface area contributed by atoms with Gasteiger partial charge in [0.25, 0.3) is 11.5 Å². The van der Waals surface area contributed by atoms with Crippen LogP contribution in [0.2, 0.25) is 0 Å². The van der Waals surface area contributed by atoms with Gasteiger partial charge in [0.15, 0.2) is 4.96 Å². The van der Waals surface area contributed by atoms with Gasteiger partial charge in [-0.05, 0) is 26.7 Å². The largest absolute Gasteiger partial charge is 0.480 e. The number of fused-ring (bicyclic) bond motifs is 1. The van der Waals surface area contributed by atoms with E-state index in [2.05, 4.69) is 4.98 Å². The topological polar surface area (TPSA) is 92.0 Å². The van der Waals surface area contributed by atoms with Crippen LogP contribution in [0.25, 0.3) is 4.96 Å². The summed E-state index contributed by atoms with van der Waals surface area (Å²) in [7, 11) is 0. The smallest absolute Gasteiger partial charge is 0.326 e. The van der Waals surface area contributed by atoms with Crippen LogP contribution in [-0.4, -0.2) is 43.4 Å². The lowest BCUT2D eigenvalue weighted by molar-refractivity contribution is -0.141. The summed E-state index contributed by atoms with van der Waals surface area (Å²) in [6, 6.07) is -1.08. The van der Waals surface area contributed by atoms with E-state index in [1.54, 1.807) is 12.3 Å². The number of carbonyl (C=O) groups excluding carboxylic acids is 1. The van der Waals surface area contributed by atoms with Crippen LogP contribution >= 0.6 is 11.3 Å². The molecule has 1 aliphatic rings. The van der Waals surface area contributed by atoms with Gasteiger partial charge in [0.05, 0.1) is 0 Å². The number of aryl methyl sites for hydroxylation is 1. The van der Waals surface area contributed by atoms with Crippen molar-refractivity contribution in [3.8, 4) is 0 Å². The number of hydrogen-bond acceptors (Lipinski definition) is 5. The Hall–Kier alpha value is -2.22. The Morgan fingerprint density at radius 1 is 1.50 bits per heavy atom. The molecule has 1 atom stereocenters. The summed E-state index contributed by atoms with van der Waals surface area (Å²) < 4.78 is 1.38. The lowest BCUT2D eigenvalue weighted by atomic mass is 10.2. The quantitative estimate of drug-likeness (QED) is 0.912. The van der Waals surface area contributed by atoms with Gasteiger partial charge in [-0.25, -0.2) is 9.78 Å². The van der Waals surface area contributed by atoms with Crippen LogP contribution in [0.1, 0.15) is 35.8 Å². The third-order valence-electron chi connectivity index (χ3n) is 3.80. The number of carbonyl (C=O) groups is 2. The Bertz CT molecular complexity index is 821. The second-order valence-electron chi connectivity index (χ2n) is 5.43. The molecule has 0 saturated heterocycles. The maximum Gasteiger partial charge on any atom is 0.326 e. The molecule has 116 valence electrons. The van der Waals surface area contributed by atoms with Crippen molar-refractivity contribution in [3.63, 3.8) is 0 Å². The third kappa shape index (κ3) is 2.29. The molecule has 2 heterocycles. The molecule has 7 nitrogen and oxygen atoms in total. The average molecular weight is 321 g/mol. The summed E-state index contributed by atoms with van der Waals surface area (Å²) in [6.45, 7) is 3.22. The van der Waals surface area contributed by atoms with Crippen molar-refractivity contribution in [1.82, 2.24) is 14.3 Å². The number of rotatable bonds is 4. The number of thiazole rings is 1. The van der Waals surface area contributed by atoms with E-state index in [9.17, 15) is 19.5 Å².